The summed E-state index contributed by atoms with van der Waals surface area (Å²) >= 11 is 5.98. The van der Waals surface area contributed by atoms with Gasteiger partial charge in [-0.15, -0.1) is 0 Å². The van der Waals surface area contributed by atoms with Gasteiger partial charge in [0.15, 0.2) is 0 Å². The number of nitrogen functional groups attached to an aromatic ring is 1. The molecule has 0 amide bonds. The molecule has 0 aliphatic heterocycles. The molecule has 0 saturated carbocycles. The summed E-state index contributed by atoms with van der Waals surface area (Å²) < 4.78 is 15.6. The van der Waals surface area contributed by atoms with Crippen LogP contribution in [0, 0.1) is 5.82 Å². The average Bonchev–Trinajstić information content (AvgIpc) is 2.85. The van der Waals surface area contributed by atoms with E-state index in [4.69, 9.17) is 17.4 Å². The number of rotatable bonds is 1. The molecule has 0 unspecified atom stereocenters. The van der Waals surface area contributed by atoms with Gasteiger partial charge in [0.05, 0.1) is 16.7 Å². The number of hydrogen-bond donors (Lipinski definition) is 1. The number of nitrogens with two attached hydrogens (primary N) is 1. The topological polar surface area (TPSA) is 43.8 Å². The van der Waals surface area contributed by atoms with Crippen molar-refractivity contribution >= 4 is 33.4 Å². The Kier molecular flexibility index (Phi) is 2.81. The Morgan fingerprint density at radius 2 is 1.95 bits per heavy atom. The predicted octanol–water partition coefficient (Wildman–Crippen LogP) is 4.36. The molecule has 0 aliphatic rings. The summed E-state index contributed by atoms with van der Waals surface area (Å²) in [6.45, 7) is 0. The summed E-state index contributed by atoms with van der Waals surface area (Å²) in [7, 11) is 0. The van der Waals surface area contributed by atoms with Crippen molar-refractivity contribution < 1.29 is 4.39 Å². The van der Waals surface area contributed by atoms with Gasteiger partial charge in [0.25, 0.3) is 0 Å². The van der Waals surface area contributed by atoms with Gasteiger partial charge in [-0.05, 0) is 36.4 Å². The second-order valence-electron chi connectivity index (χ2n) is 5.12. The molecular formula is C17H11ClFN3. The number of benzene rings is 2. The van der Waals surface area contributed by atoms with Crippen LogP contribution in [-0.2, 0) is 0 Å². The maximum absolute atomic E-state index is 14.2. The van der Waals surface area contributed by atoms with Crippen molar-refractivity contribution in [3.63, 3.8) is 0 Å². The molecule has 0 atom stereocenters. The largest absolute Gasteiger partial charge is 0.339 e. The smallest absolute Gasteiger partial charge is 0.133 e. The fourth-order valence-electron chi connectivity index (χ4n) is 2.71. The Morgan fingerprint density at radius 1 is 1.09 bits per heavy atom. The van der Waals surface area contributed by atoms with E-state index in [9.17, 15) is 4.39 Å². The number of aromatic nitrogens is 2. The molecule has 0 bridgehead atoms. The van der Waals surface area contributed by atoms with Crippen LogP contribution in [0.5, 0.6) is 0 Å². The second-order valence-corrected chi connectivity index (χ2v) is 5.55. The van der Waals surface area contributed by atoms with E-state index in [0.717, 1.165) is 10.9 Å². The van der Waals surface area contributed by atoms with Crippen molar-refractivity contribution in [3.05, 3.63) is 65.6 Å². The molecule has 2 aromatic carbocycles. The standard InChI is InChI=1S/C17H11ClFN3/c18-11-5-7-14-10(8-11)4-6-15(21-14)12-9-22(20)16-3-1-2-13(19)17(12)16/h1-9H,20H2. The Hall–Kier alpha value is -2.59. The van der Waals surface area contributed by atoms with E-state index in [-0.39, 0.29) is 5.82 Å². The third-order valence-corrected chi connectivity index (χ3v) is 3.97. The van der Waals surface area contributed by atoms with Crippen LogP contribution >= 0.6 is 11.6 Å². The third-order valence-electron chi connectivity index (χ3n) is 3.73. The van der Waals surface area contributed by atoms with Crippen LogP contribution in [-0.4, -0.2) is 9.66 Å². The monoisotopic (exact) mass is 311 g/mol. The SMILES string of the molecule is Nn1cc(-c2ccc3cc(Cl)ccc3n2)c2c(F)cccc21. The van der Waals surface area contributed by atoms with E-state index < -0.39 is 0 Å². The van der Waals surface area contributed by atoms with Gasteiger partial charge in [-0.3, -0.25) is 4.68 Å². The highest BCUT2D eigenvalue weighted by Gasteiger charge is 2.14. The quantitative estimate of drug-likeness (QED) is 0.531. The summed E-state index contributed by atoms with van der Waals surface area (Å²) in [6.07, 6.45) is 1.69. The summed E-state index contributed by atoms with van der Waals surface area (Å²) in [5.41, 5.74) is 2.78. The van der Waals surface area contributed by atoms with Gasteiger partial charge in [0.1, 0.15) is 5.82 Å². The van der Waals surface area contributed by atoms with E-state index in [1.807, 2.05) is 24.3 Å². The molecule has 22 heavy (non-hydrogen) atoms. The first-order chi connectivity index (χ1) is 10.6. The van der Waals surface area contributed by atoms with E-state index in [1.54, 1.807) is 24.4 Å². The molecule has 0 fully saturated rings. The van der Waals surface area contributed by atoms with Gasteiger partial charge >= 0.3 is 0 Å². The van der Waals surface area contributed by atoms with Gasteiger partial charge in [0.2, 0.25) is 0 Å². The van der Waals surface area contributed by atoms with Gasteiger partial charge in [0, 0.05) is 27.6 Å². The molecule has 0 aliphatic carbocycles. The molecule has 0 radical (unpaired) electrons. The molecular weight excluding hydrogens is 301 g/mol. The molecule has 2 heterocycles. The molecule has 2 aromatic heterocycles. The van der Waals surface area contributed by atoms with E-state index >= 15 is 0 Å². The molecule has 0 saturated heterocycles. The van der Waals surface area contributed by atoms with Crippen molar-refractivity contribution in [3.8, 4) is 11.3 Å². The van der Waals surface area contributed by atoms with Crippen LogP contribution in [0.25, 0.3) is 33.1 Å². The van der Waals surface area contributed by atoms with E-state index in [2.05, 4.69) is 4.98 Å². The van der Waals surface area contributed by atoms with Crippen LogP contribution in [0.2, 0.25) is 5.02 Å². The molecule has 2 N–H and O–H groups in total. The van der Waals surface area contributed by atoms with Crippen LogP contribution < -0.4 is 5.84 Å². The minimum absolute atomic E-state index is 0.310. The fraction of sp³-hybridized carbons (Fsp3) is 0. The molecule has 0 spiro atoms. The van der Waals surface area contributed by atoms with Crippen molar-refractivity contribution in [1.82, 2.24) is 9.66 Å². The average molecular weight is 312 g/mol. The number of halogens is 2. The minimum atomic E-state index is -0.310. The lowest BCUT2D eigenvalue weighted by Crippen LogP contribution is -2.04. The van der Waals surface area contributed by atoms with Crippen LogP contribution in [0.3, 0.4) is 0 Å². The van der Waals surface area contributed by atoms with Crippen LogP contribution in [0.4, 0.5) is 4.39 Å². The second kappa shape index (κ2) is 4.71. The Labute approximate surface area is 130 Å². The predicted molar refractivity (Wildman–Crippen MR) is 87.8 cm³/mol. The van der Waals surface area contributed by atoms with E-state index in [1.165, 1.54) is 10.7 Å². The number of pyridine rings is 1. The van der Waals surface area contributed by atoms with Crippen molar-refractivity contribution in [2.45, 2.75) is 0 Å². The van der Waals surface area contributed by atoms with Crippen molar-refractivity contribution in [2.75, 3.05) is 5.84 Å². The van der Waals surface area contributed by atoms with Gasteiger partial charge in [-0.1, -0.05) is 23.7 Å². The lowest BCUT2D eigenvalue weighted by molar-refractivity contribution is 0.640. The number of nitrogens with zero attached hydrogens (tertiary/aromatic N) is 2. The highest BCUT2D eigenvalue weighted by atomic mass is 35.5. The Balaban J connectivity index is 2.01. The molecule has 3 nitrogen and oxygen atoms in total. The Morgan fingerprint density at radius 3 is 2.82 bits per heavy atom. The number of hydrogen-bond acceptors (Lipinski definition) is 2. The molecule has 4 rings (SSSR count). The van der Waals surface area contributed by atoms with Gasteiger partial charge in [-0.25, -0.2) is 9.37 Å². The third kappa shape index (κ3) is 1.92. The zero-order valence-corrected chi connectivity index (χ0v) is 12.2. The molecule has 5 heteroatoms. The van der Waals surface area contributed by atoms with E-state index in [0.29, 0.717) is 27.2 Å². The maximum Gasteiger partial charge on any atom is 0.133 e. The summed E-state index contributed by atoms with van der Waals surface area (Å²) in [5.74, 6) is 5.61. The van der Waals surface area contributed by atoms with Crippen molar-refractivity contribution in [1.29, 1.82) is 0 Å². The minimum Gasteiger partial charge on any atom is -0.339 e. The van der Waals surface area contributed by atoms with Gasteiger partial charge < -0.3 is 5.84 Å². The maximum atomic E-state index is 14.2. The summed E-state index contributed by atoms with van der Waals surface area (Å²) in [4.78, 5) is 4.60. The highest BCUT2D eigenvalue weighted by Crippen LogP contribution is 2.31. The van der Waals surface area contributed by atoms with Crippen LogP contribution in [0.15, 0.2) is 54.7 Å². The fourth-order valence-corrected chi connectivity index (χ4v) is 2.89. The summed E-state index contributed by atoms with van der Waals surface area (Å²) in [6, 6.07) is 14.1. The summed E-state index contributed by atoms with van der Waals surface area (Å²) in [5, 5.41) is 2.07. The Bertz CT molecular complexity index is 1020. The zero-order chi connectivity index (χ0) is 15.3. The molecule has 108 valence electrons. The highest BCUT2D eigenvalue weighted by molar-refractivity contribution is 6.31. The lowest BCUT2D eigenvalue weighted by Gasteiger charge is -2.03. The zero-order valence-electron chi connectivity index (χ0n) is 11.4. The first-order valence-corrected chi connectivity index (χ1v) is 7.12. The molecule has 4 aromatic rings. The first kappa shape index (κ1) is 13.1. The van der Waals surface area contributed by atoms with Crippen molar-refractivity contribution in [2.24, 2.45) is 0 Å². The normalized spacial score (nSPS) is 11.4. The van der Waals surface area contributed by atoms with Crippen LogP contribution in [0.1, 0.15) is 0 Å². The number of fused-ring (bicyclic) bond motifs is 2. The van der Waals surface area contributed by atoms with Gasteiger partial charge in [-0.2, -0.15) is 0 Å². The first-order valence-electron chi connectivity index (χ1n) is 6.75. The lowest BCUT2D eigenvalue weighted by atomic mass is 10.1.